The second kappa shape index (κ2) is 9.20. The van der Waals surface area contributed by atoms with E-state index in [0.717, 1.165) is 54.0 Å². The summed E-state index contributed by atoms with van der Waals surface area (Å²) in [5.41, 5.74) is 1.64. The lowest BCUT2D eigenvalue weighted by atomic mass is 9.65. The van der Waals surface area contributed by atoms with E-state index in [9.17, 15) is 4.79 Å². The van der Waals surface area contributed by atoms with E-state index in [0.29, 0.717) is 23.9 Å². The average molecular weight is 468 g/mol. The van der Waals surface area contributed by atoms with Crippen LogP contribution in [0.3, 0.4) is 0 Å². The molecule has 190 valence electrons. The number of likely N-dealkylation sites (tertiary alicyclic amines) is 2. The fourth-order valence-corrected chi connectivity index (χ4v) is 10.2. The minimum Gasteiger partial charge on any atom is -0.340 e. The van der Waals surface area contributed by atoms with Crippen molar-refractivity contribution in [3.63, 3.8) is 0 Å². The average Bonchev–Trinajstić information content (AvgIpc) is 2.92. The number of hydrogen-bond donors (Lipinski definition) is 0. The molecule has 2 bridgehead atoms. The van der Waals surface area contributed by atoms with Crippen LogP contribution in [-0.2, 0) is 4.79 Å². The molecule has 0 aromatic rings. The van der Waals surface area contributed by atoms with Crippen molar-refractivity contribution in [3.8, 4) is 0 Å². The number of carbonyl (C=O) groups excluding carboxylic acids is 1. The molecule has 3 aliphatic heterocycles. The van der Waals surface area contributed by atoms with E-state index in [1.54, 1.807) is 12.6 Å². The summed E-state index contributed by atoms with van der Waals surface area (Å²) in [7, 11) is 2.42. The molecule has 6 aliphatic rings. The number of carbonyl (C=O) groups is 1. The Labute approximate surface area is 208 Å². The van der Waals surface area contributed by atoms with Gasteiger partial charge in [0.1, 0.15) is 0 Å². The molecule has 11 atom stereocenters. The molecule has 3 saturated carbocycles. The maximum Gasteiger partial charge on any atom is 0.219 e. The second-order valence-corrected chi connectivity index (χ2v) is 13.8. The molecule has 5 fully saturated rings. The standard InChI is InChI=1S/C30H49N3O/c1-18-11-22-16-28-25(23-15-27(22)29(12-18)32(4)17-23)8-7-24(31-28)14-21-10-19(2)13-30-26(21)6-5-9-33(30)20(3)34/h18-19,21-27,29-30H,5-17H2,1-4H3/t18-,19+,21-,22+,23-,24+,25+,26+,27-,29+,30-/m1/s1. The number of hydrogen-bond acceptors (Lipinski definition) is 3. The number of fused-ring (bicyclic) bond motifs is 4. The fraction of sp³-hybridized carbons (Fsp3) is 0.933. The summed E-state index contributed by atoms with van der Waals surface area (Å²) in [6, 6.07) is 1.87. The minimum atomic E-state index is 0.304. The van der Waals surface area contributed by atoms with Gasteiger partial charge in [0, 0.05) is 43.7 Å². The van der Waals surface area contributed by atoms with Crippen molar-refractivity contribution >= 4 is 11.6 Å². The summed E-state index contributed by atoms with van der Waals surface area (Å²) < 4.78 is 0. The Bertz CT molecular complexity index is 809. The third kappa shape index (κ3) is 4.18. The molecule has 3 heterocycles. The Balaban J connectivity index is 1.21. The summed E-state index contributed by atoms with van der Waals surface area (Å²) in [5.74, 6) is 6.81. The smallest absolute Gasteiger partial charge is 0.219 e. The van der Waals surface area contributed by atoms with Gasteiger partial charge in [0.15, 0.2) is 0 Å². The Hall–Kier alpha value is -0.900. The molecular formula is C30H49N3O. The zero-order valence-electron chi connectivity index (χ0n) is 22.3. The summed E-state index contributed by atoms with van der Waals surface area (Å²) in [6.45, 7) is 9.02. The maximum atomic E-state index is 12.4. The van der Waals surface area contributed by atoms with Crippen LogP contribution in [0.1, 0.15) is 91.4 Å². The van der Waals surface area contributed by atoms with Crippen molar-refractivity contribution in [2.45, 2.75) is 110 Å². The monoisotopic (exact) mass is 467 g/mol. The van der Waals surface area contributed by atoms with E-state index in [1.165, 1.54) is 77.2 Å². The number of aliphatic imine (C=N–C) groups is 1. The predicted octanol–water partition coefficient (Wildman–Crippen LogP) is 5.66. The molecule has 0 radical (unpaired) electrons. The highest BCUT2D eigenvalue weighted by atomic mass is 16.2. The first-order valence-corrected chi connectivity index (χ1v) is 14.9. The lowest BCUT2D eigenvalue weighted by Gasteiger charge is -2.50. The first kappa shape index (κ1) is 23.5. The number of rotatable bonds is 2. The quantitative estimate of drug-likeness (QED) is 0.526. The molecule has 0 N–H and O–H groups in total. The van der Waals surface area contributed by atoms with E-state index < -0.39 is 0 Å². The van der Waals surface area contributed by atoms with Crippen LogP contribution in [0.25, 0.3) is 0 Å². The van der Waals surface area contributed by atoms with Crippen LogP contribution < -0.4 is 0 Å². The molecule has 0 aromatic heterocycles. The Morgan fingerprint density at radius 3 is 2.56 bits per heavy atom. The van der Waals surface area contributed by atoms with E-state index in [4.69, 9.17) is 4.99 Å². The molecule has 0 aromatic carbocycles. The first-order chi connectivity index (χ1) is 16.4. The zero-order chi connectivity index (χ0) is 23.6. The minimum absolute atomic E-state index is 0.304. The lowest BCUT2D eigenvalue weighted by molar-refractivity contribution is -0.137. The van der Waals surface area contributed by atoms with Gasteiger partial charge in [-0.1, -0.05) is 13.8 Å². The molecule has 4 nitrogen and oxygen atoms in total. The molecule has 0 spiro atoms. The van der Waals surface area contributed by atoms with Crippen LogP contribution in [0, 0.1) is 47.3 Å². The van der Waals surface area contributed by atoms with Crippen molar-refractivity contribution in [1.82, 2.24) is 9.80 Å². The third-order valence-corrected chi connectivity index (χ3v) is 11.5. The fourth-order valence-electron chi connectivity index (χ4n) is 10.2. The van der Waals surface area contributed by atoms with Crippen molar-refractivity contribution in [1.29, 1.82) is 0 Å². The zero-order valence-corrected chi connectivity index (χ0v) is 22.3. The van der Waals surface area contributed by atoms with Gasteiger partial charge in [-0.15, -0.1) is 0 Å². The summed E-state index contributed by atoms with van der Waals surface area (Å²) in [4.78, 5) is 23.0. The summed E-state index contributed by atoms with van der Waals surface area (Å²) in [5, 5.41) is 0. The number of nitrogens with zero attached hydrogens (tertiary/aromatic N) is 3. The van der Waals surface area contributed by atoms with Gasteiger partial charge in [0.2, 0.25) is 5.91 Å². The highest BCUT2D eigenvalue weighted by Gasteiger charge is 2.49. The number of piperidine rings is 2. The van der Waals surface area contributed by atoms with Crippen LogP contribution in [0.2, 0.25) is 0 Å². The Kier molecular flexibility index (Phi) is 6.36. The Morgan fingerprint density at radius 1 is 0.941 bits per heavy atom. The largest absolute Gasteiger partial charge is 0.340 e. The highest BCUT2D eigenvalue weighted by Crippen LogP contribution is 2.51. The normalized spacial score (nSPS) is 48.9. The van der Waals surface area contributed by atoms with Crippen LogP contribution in [0.4, 0.5) is 0 Å². The van der Waals surface area contributed by atoms with Gasteiger partial charge in [0.25, 0.3) is 0 Å². The lowest BCUT2D eigenvalue weighted by Crippen LogP contribution is -2.53. The van der Waals surface area contributed by atoms with E-state index in [2.05, 4.69) is 30.7 Å². The van der Waals surface area contributed by atoms with Crippen molar-refractivity contribution in [2.24, 2.45) is 52.3 Å². The Morgan fingerprint density at radius 2 is 1.74 bits per heavy atom. The van der Waals surface area contributed by atoms with Gasteiger partial charge in [-0.05, 0) is 119 Å². The summed E-state index contributed by atoms with van der Waals surface area (Å²) >= 11 is 0. The maximum absolute atomic E-state index is 12.4. The van der Waals surface area contributed by atoms with E-state index in [1.807, 2.05) is 0 Å². The molecule has 2 saturated heterocycles. The number of amides is 1. The molecule has 1 amide bonds. The van der Waals surface area contributed by atoms with Crippen molar-refractivity contribution in [2.75, 3.05) is 20.1 Å². The second-order valence-electron chi connectivity index (χ2n) is 13.8. The topological polar surface area (TPSA) is 35.9 Å². The SMILES string of the molecule is CC(=O)N1CCC[C@H]2[C@@H](C[C@@H]3CC[C@@H]4C(=N3)C[C@@H]3C[C@@H](C)C[C@H]5[C@@H]3C[C@@H]4CN5C)C[C@H](C)C[C@H]21. The first-order valence-electron chi connectivity index (χ1n) is 14.9. The van der Waals surface area contributed by atoms with Gasteiger partial charge in [0.05, 0.1) is 6.04 Å². The van der Waals surface area contributed by atoms with Crippen LogP contribution in [0.15, 0.2) is 4.99 Å². The summed E-state index contributed by atoms with van der Waals surface area (Å²) in [6.07, 6.45) is 14.7. The third-order valence-electron chi connectivity index (χ3n) is 11.5. The predicted molar refractivity (Wildman–Crippen MR) is 139 cm³/mol. The van der Waals surface area contributed by atoms with E-state index >= 15 is 0 Å². The van der Waals surface area contributed by atoms with Gasteiger partial charge < -0.3 is 9.80 Å². The van der Waals surface area contributed by atoms with Crippen molar-refractivity contribution in [3.05, 3.63) is 0 Å². The molecule has 6 rings (SSSR count). The van der Waals surface area contributed by atoms with Gasteiger partial charge in [-0.2, -0.15) is 0 Å². The van der Waals surface area contributed by atoms with Crippen LogP contribution in [-0.4, -0.2) is 59.7 Å². The van der Waals surface area contributed by atoms with Crippen LogP contribution in [0.5, 0.6) is 0 Å². The molecule has 34 heavy (non-hydrogen) atoms. The van der Waals surface area contributed by atoms with Crippen molar-refractivity contribution < 1.29 is 4.79 Å². The van der Waals surface area contributed by atoms with Gasteiger partial charge in [-0.3, -0.25) is 9.79 Å². The molecular weight excluding hydrogens is 418 g/mol. The highest BCUT2D eigenvalue weighted by molar-refractivity contribution is 5.88. The van der Waals surface area contributed by atoms with Gasteiger partial charge >= 0.3 is 0 Å². The van der Waals surface area contributed by atoms with E-state index in [-0.39, 0.29) is 0 Å². The molecule has 4 heteroatoms. The van der Waals surface area contributed by atoms with Crippen LogP contribution >= 0.6 is 0 Å². The van der Waals surface area contributed by atoms with Gasteiger partial charge in [-0.25, -0.2) is 0 Å². The molecule has 0 unspecified atom stereocenters. The molecule has 3 aliphatic carbocycles.